The van der Waals surface area contributed by atoms with Gasteiger partial charge in [0, 0.05) is 5.56 Å². The molecule has 21 heavy (non-hydrogen) atoms. The number of aromatic nitrogens is 3. The van der Waals surface area contributed by atoms with Crippen molar-refractivity contribution in [3.8, 4) is 17.3 Å². The first-order chi connectivity index (χ1) is 10.2. The molecule has 0 saturated heterocycles. The van der Waals surface area contributed by atoms with E-state index >= 15 is 0 Å². The fraction of sp³-hybridized carbons (Fsp3) is 0.0667. The lowest BCUT2D eigenvalue weighted by Crippen LogP contribution is -2.06. The first-order valence-corrected chi connectivity index (χ1v) is 6.16. The highest BCUT2D eigenvalue weighted by atomic mass is 16.5. The highest BCUT2D eigenvalue weighted by molar-refractivity contribution is 5.87. The first-order valence-electron chi connectivity index (χ1n) is 6.16. The van der Waals surface area contributed by atoms with Crippen LogP contribution in [-0.4, -0.2) is 27.7 Å². The molecule has 0 aliphatic rings. The summed E-state index contributed by atoms with van der Waals surface area (Å²) in [7, 11) is 1.31. The number of carbonyl (C=O) groups is 1. The van der Waals surface area contributed by atoms with Crippen molar-refractivity contribution < 1.29 is 9.53 Å². The normalized spacial score (nSPS) is 10.3. The van der Waals surface area contributed by atoms with Crippen LogP contribution in [0.25, 0.3) is 16.9 Å². The Balaban J connectivity index is 2.08. The molecule has 3 rings (SSSR count). The van der Waals surface area contributed by atoms with Gasteiger partial charge in [0.25, 0.3) is 0 Å². The molecule has 0 saturated carbocycles. The predicted octanol–water partition coefficient (Wildman–Crippen LogP) is 2.05. The van der Waals surface area contributed by atoms with Gasteiger partial charge in [-0.15, -0.1) is 0 Å². The number of esters is 1. The minimum absolute atomic E-state index is 0.208. The highest BCUT2D eigenvalue weighted by Gasteiger charge is 2.11. The fourth-order valence-electron chi connectivity index (χ4n) is 1.98. The number of rotatable bonds is 2. The number of imidazole rings is 1. The van der Waals surface area contributed by atoms with Crippen LogP contribution in [0, 0.1) is 11.3 Å². The number of fused-ring (bicyclic) bond motifs is 1. The van der Waals surface area contributed by atoms with Crippen LogP contribution in [0.4, 0.5) is 0 Å². The predicted molar refractivity (Wildman–Crippen MR) is 74.5 cm³/mol. The van der Waals surface area contributed by atoms with Gasteiger partial charge in [0.2, 0.25) is 0 Å². The van der Waals surface area contributed by atoms with E-state index in [4.69, 9.17) is 5.26 Å². The zero-order valence-corrected chi connectivity index (χ0v) is 11.1. The SMILES string of the molecule is COC(=O)c1ccc2nc(-c3cccc(C#N)c3)cn2n1. The molecule has 2 aromatic heterocycles. The molecule has 1 aromatic carbocycles. The summed E-state index contributed by atoms with van der Waals surface area (Å²) in [6, 6.07) is 12.5. The molecule has 0 spiro atoms. The van der Waals surface area contributed by atoms with Gasteiger partial charge in [0.1, 0.15) is 0 Å². The molecular formula is C15H10N4O2. The molecule has 0 aliphatic heterocycles. The van der Waals surface area contributed by atoms with Gasteiger partial charge in [-0.2, -0.15) is 10.4 Å². The van der Waals surface area contributed by atoms with Crippen molar-refractivity contribution in [2.75, 3.05) is 7.11 Å². The number of nitrogens with zero attached hydrogens (tertiary/aromatic N) is 4. The molecule has 6 nitrogen and oxygen atoms in total. The van der Waals surface area contributed by atoms with Crippen molar-refractivity contribution in [2.45, 2.75) is 0 Å². The Kier molecular flexibility index (Phi) is 3.09. The Morgan fingerprint density at radius 3 is 2.95 bits per heavy atom. The molecule has 0 unspecified atom stereocenters. The summed E-state index contributed by atoms with van der Waals surface area (Å²) < 4.78 is 6.15. The van der Waals surface area contributed by atoms with Crippen molar-refractivity contribution >= 4 is 11.6 Å². The molecule has 3 aromatic rings. The zero-order chi connectivity index (χ0) is 14.8. The molecule has 6 heteroatoms. The minimum Gasteiger partial charge on any atom is -0.464 e. The molecule has 0 atom stereocenters. The molecule has 2 heterocycles. The lowest BCUT2D eigenvalue weighted by molar-refractivity contribution is 0.0592. The van der Waals surface area contributed by atoms with Gasteiger partial charge in [-0.05, 0) is 24.3 Å². The minimum atomic E-state index is -0.501. The molecule has 0 fully saturated rings. The van der Waals surface area contributed by atoms with E-state index in [1.54, 1.807) is 36.5 Å². The molecular weight excluding hydrogens is 268 g/mol. The number of hydrogen-bond acceptors (Lipinski definition) is 5. The molecule has 0 amide bonds. The Hall–Kier alpha value is -3.20. The quantitative estimate of drug-likeness (QED) is 0.670. The third-order valence-corrected chi connectivity index (χ3v) is 3.00. The smallest absolute Gasteiger partial charge is 0.358 e. The van der Waals surface area contributed by atoms with Gasteiger partial charge in [-0.1, -0.05) is 12.1 Å². The number of hydrogen-bond donors (Lipinski definition) is 0. The average Bonchev–Trinajstić information content (AvgIpc) is 2.97. The van der Waals surface area contributed by atoms with Crippen LogP contribution < -0.4 is 0 Å². The molecule has 0 aliphatic carbocycles. The average molecular weight is 278 g/mol. The molecule has 0 radical (unpaired) electrons. The van der Waals surface area contributed by atoms with Crippen LogP contribution >= 0.6 is 0 Å². The number of ether oxygens (including phenoxy) is 1. The van der Waals surface area contributed by atoms with E-state index < -0.39 is 5.97 Å². The summed E-state index contributed by atoms with van der Waals surface area (Å²) in [5.74, 6) is -0.501. The fourth-order valence-corrected chi connectivity index (χ4v) is 1.98. The van der Waals surface area contributed by atoms with E-state index in [0.717, 1.165) is 5.56 Å². The summed E-state index contributed by atoms with van der Waals surface area (Å²) in [5.41, 5.74) is 2.88. The molecule has 0 N–H and O–H groups in total. The number of carbonyl (C=O) groups excluding carboxylic acids is 1. The number of methoxy groups -OCH3 is 1. The van der Waals surface area contributed by atoms with Crippen LogP contribution in [0.1, 0.15) is 16.1 Å². The first kappa shape index (κ1) is 12.8. The second-order valence-electron chi connectivity index (χ2n) is 4.33. The Morgan fingerprint density at radius 2 is 2.19 bits per heavy atom. The van der Waals surface area contributed by atoms with Gasteiger partial charge in [0.15, 0.2) is 11.3 Å². The van der Waals surface area contributed by atoms with Crippen molar-refractivity contribution in [3.05, 3.63) is 53.9 Å². The Morgan fingerprint density at radius 1 is 1.33 bits per heavy atom. The van der Waals surface area contributed by atoms with E-state index in [0.29, 0.717) is 16.9 Å². The monoisotopic (exact) mass is 278 g/mol. The zero-order valence-electron chi connectivity index (χ0n) is 11.1. The van der Waals surface area contributed by atoms with E-state index in [1.807, 2.05) is 6.07 Å². The largest absolute Gasteiger partial charge is 0.464 e. The van der Waals surface area contributed by atoms with Crippen LogP contribution in [0.5, 0.6) is 0 Å². The van der Waals surface area contributed by atoms with Gasteiger partial charge in [-0.3, -0.25) is 0 Å². The van der Waals surface area contributed by atoms with E-state index in [9.17, 15) is 4.79 Å². The lowest BCUT2D eigenvalue weighted by Gasteiger charge is -1.97. The maximum atomic E-state index is 11.5. The Labute approximate surface area is 120 Å². The molecule has 0 bridgehead atoms. The summed E-state index contributed by atoms with van der Waals surface area (Å²) in [4.78, 5) is 15.9. The lowest BCUT2D eigenvalue weighted by atomic mass is 10.1. The summed E-state index contributed by atoms with van der Waals surface area (Å²) in [5, 5.41) is 13.1. The van der Waals surface area contributed by atoms with Gasteiger partial charge in [0.05, 0.1) is 30.6 Å². The summed E-state index contributed by atoms with van der Waals surface area (Å²) >= 11 is 0. The maximum absolute atomic E-state index is 11.5. The topological polar surface area (TPSA) is 80.3 Å². The standard InChI is InChI=1S/C15H10N4O2/c1-21-15(20)12-5-6-14-17-13(9-19(14)18-12)11-4-2-3-10(7-11)8-16/h2-7,9H,1H3. The van der Waals surface area contributed by atoms with Crippen molar-refractivity contribution in [1.29, 1.82) is 5.26 Å². The van der Waals surface area contributed by atoms with Gasteiger partial charge < -0.3 is 4.74 Å². The second kappa shape index (κ2) is 5.06. The van der Waals surface area contributed by atoms with Crippen molar-refractivity contribution in [3.63, 3.8) is 0 Å². The Bertz CT molecular complexity index is 877. The van der Waals surface area contributed by atoms with Gasteiger partial charge in [-0.25, -0.2) is 14.3 Å². The third kappa shape index (κ3) is 2.32. The van der Waals surface area contributed by atoms with E-state index in [1.165, 1.54) is 11.6 Å². The maximum Gasteiger partial charge on any atom is 0.358 e. The van der Waals surface area contributed by atoms with Crippen LogP contribution in [-0.2, 0) is 4.74 Å². The summed E-state index contributed by atoms with van der Waals surface area (Å²) in [6.45, 7) is 0. The van der Waals surface area contributed by atoms with Crippen LogP contribution in [0.15, 0.2) is 42.6 Å². The van der Waals surface area contributed by atoms with E-state index in [-0.39, 0.29) is 5.69 Å². The van der Waals surface area contributed by atoms with Crippen molar-refractivity contribution in [1.82, 2.24) is 14.6 Å². The van der Waals surface area contributed by atoms with Crippen LogP contribution in [0.2, 0.25) is 0 Å². The third-order valence-electron chi connectivity index (χ3n) is 3.00. The highest BCUT2D eigenvalue weighted by Crippen LogP contribution is 2.19. The van der Waals surface area contributed by atoms with Gasteiger partial charge >= 0.3 is 5.97 Å². The second-order valence-corrected chi connectivity index (χ2v) is 4.33. The molecule has 102 valence electrons. The van der Waals surface area contributed by atoms with Crippen LogP contribution in [0.3, 0.4) is 0 Å². The van der Waals surface area contributed by atoms with Crippen molar-refractivity contribution in [2.24, 2.45) is 0 Å². The number of nitriles is 1. The summed E-state index contributed by atoms with van der Waals surface area (Å²) in [6.07, 6.45) is 1.71. The van der Waals surface area contributed by atoms with E-state index in [2.05, 4.69) is 20.9 Å². The number of benzene rings is 1.